The van der Waals surface area contributed by atoms with Crippen molar-refractivity contribution in [3.63, 3.8) is 0 Å². The summed E-state index contributed by atoms with van der Waals surface area (Å²) in [4.78, 5) is 2.41. The zero-order valence-corrected chi connectivity index (χ0v) is 12.1. The van der Waals surface area contributed by atoms with Crippen LogP contribution in [0.4, 0.5) is 5.69 Å². The third-order valence-electron chi connectivity index (χ3n) is 3.72. The van der Waals surface area contributed by atoms with Crippen LogP contribution in [0, 0.1) is 0 Å². The smallest absolute Gasteiger partial charge is 0.162 e. The molecule has 1 aromatic carbocycles. The van der Waals surface area contributed by atoms with Crippen LogP contribution in [0.5, 0.6) is 11.5 Å². The molecule has 1 fully saturated rings. The molecule has 2 rings (SSSR count). The Hall–Kier alpha value is -1.42. The molecule has 0 bridgehead atoms. The quantitative estimate of drug-likeness (QED) is 0.884. The molecule has 0 atom stereocenters. The summed E-state index contributed by atoms with van der Waals surface area (Å²) in [5.41, 5.74) is 1.22. The van der Waals surface area contributed by atoms with E-state index in [4.69, 9.17) is 9.47 Å². The van der Waals surface area contributed by atoms with Crippen LogP contribution in [0.2, 0.25) is 0 Å². The van der Waals surface area contributed by atoms with Crippen LogP contribution in [-0.2, 0) is 0 Å². The highest BCUT2D eigenvalue weighted by Crippen LogP contribution is 2.32. The fraction of sp³-hybridized carbons (Fsp3) is 0.600. The van der Waals surface area contributed by atoms with Crippen LogP contribution >= 0.6 is 0 Å². The SMILES string of the molecule is CCNC1CCN(c2ccc(OC)c(OC)c2)CC1. The van der Waals surface area contributed by atoms with Crippen LogP contribution < -0.4 is 19.7 Å². The van der Waals surface area contributed by atoms with Gasteiger partial charge in [-0.2, -0.15) is 0 Å². The van der Waals surface area contributed by atoms with Crippen molar-refractivity contribution in [1.82, 2.24) is 5.32 Å². The van der Waals surface area contributed by atoms with Crippen molar-refractivity contribution in [2.75, 3.05) is 38.8 Å². The van der Waals surface area contributed by atoms with Crippen molar-refractivity contribution in [3.8, 4) is 11.5 Å². The van der Waals surface area contributed by atoms with Crippen molar-refractivity contribution in [2.24, 2.45) is 0 Å². The Morgan fingerprint density at radius 1 is 1.16 bits per heavy atom. The first-order valence-electron chi connectivity index (χ1n) is 6.98. The van der Waals surface area contributed by atoms with E-state index in [0.29, 0.717) is 6.04 Å². The van der Waals surface area contributed by atoms with E-state index in [0.717, 1.165) is 31.1 Å². The van der Waals surface area contributed by atoms with Crippen LogP contribution in [0.1, 0.15) is 19.8 Å². The van der Waals surface area contributed by atoms with Gasteiger partial charge in [-0.15, -0.1) is 0 Å². The van der Waals surface area contributed by atoms with Crippen LogP contribution in [0.15, 0.2) is 18.2 Å². The standard InChI is InChI=1S/C15H24N2O2/c1-4-16-12-7-9-17(10-8-12)13-5-6-14(18-2)15(11-13)19-3/h5-6,11-12,16H,4,7-10H2,1-3H3. The van der Waals surface area contributed by atoms with Gasteiger partial charge in [0.2, 0.25) is 0 Å². The van der Waals surface area contributed by atoms with Gasteiger partial charge in [0, 0.05) is 30.9 Å². The Kier molecular flexibility index (Phi) is 4.91. The first-order valence-corrected chi connectivity index (χ1v) is 6.98. The molecule has 0 unspecified atom stereocenters. The molecule has 1 saturated heterocycles. The molecule has 0 spiro atoms. The summed E-state index contributed by atoms with van der Waals surface area (Å²) in [6.45, 7) is 5.40. The van der Waals surface area contributed by atoms with Gasteiger partial charge in [0.1, 0.15) is 0 Å². The van der Waals surface area contributed by atoms with E-state index in [9.17, 15) is 0 Å². The van der Waals surface area contributed by atoms with Crippen molar-refractivity contribution in [1.29, 1.82) is 0 Å². The molecule has 1 heterocycles. The minimum Gasteiger partial charge on any atom is -0.493 e. The first kappa shape index (κ1) is 14.0. The summed E-state index contributed by atoms with van der Waals surface area (Å²) in [5, 5.41) is 3.53. The minimum absolute atomic E-state index is 0.668. The molecule has 0 amide bonds. The third-order valence-corrected chi connectivity index (χ3v) is 3.72. The van der Waals surface area contributed by atoms with Crippen LogP contribution in [0.3, 0.4) is 0 Å². The molecule has 1 N–H and O–H groups in total. The molecular weight excluding hydrogens is 240 g/mol. The third kappa shape index (κ3) is 3.32. The average molecular weight is 264 g/mol. The molecule has 19 heavy (non-hydrogen) atoms. The lowest BCUT2D eigenvalue weighted by Gasteiger charge is -2.34. The van der Waals surface area contributed by atoms with Crippen molar-refractivity contribution in [3.05, 3.63) is 18.2 Å². The van der Waals surface area contributed by atoms with Crippen LogP contribution in [-0.4, -0.2) is 39.9 Å². The summed E-state index contributed by atoms with van der Waals surface area (Å²) < 4.78 is 10.6. The minimum atomic E-state index is 0.668. The molecule has 1 aliphatic heterocycles. The lowest BCUT2D eigenvalue weighted by molar-refractivity contribution is 0.354. The molecule has 0 aliphatic carbocycles. The molecule has 4 heteroatoms. The summed E-state index contributed by atoms with van der Waals surface area (Å²) in [6.07, 6.45) is 2.39. The first-order chi connectivity index (χ1) is 9.28. The van der Waals surface area contributed by atoms with Gasteiger partial charge in [-0.05, 0) is 31.5 Å². The molecule has 1 aromatic rings. The van der Waals surface area contributed by atoms with E-state index in [1.165, 1.54) is 18.5 Å². The highest BCUT2D eigenvalue weighted by atomic mass is 16.5. The number of hydrogen-bond donors (Lipinski definition) is 1. The van der Waals surface area contributed by atoms with Gasteiger partial charge in [0.25, 0.3) is 0 Å². The second kappa shape index (κ2) is 6.66. The number of methoxy groups -OCH3 is 2. The Bertz CT molecular complexity index is 401. The van der Waals surface area contributed by atoms with E-state index in [-0.39, 0.29) is 0 Å². The van der Waals surface area contributed by atoms with Gasteiger partial charge in [0.05, 0.1) is 14.2 Å². The van der Waals surface area contributed by atoms with Gasteiger partial charge in [0.15, 0.2) is 11.5 Å². The van der Waals surface area contributed by atoms with E-state index >= 15 is 0 Å². The number of rotatable bonds is 5. The van der Waals surface area contributed by atoms with Crippen molar-refractivity contribution < 1.29 is 9.47 Å². The highest BCUT2D eigenvalue weighted by Gasteiger charge is 2.19. The number of ether oxygens (including phenoxy) is 2. The zero-order chi connectivity index (χ0) is 13.7. The van der Waals surface area contributed by atoms with Gasteiger partial charge in [-0.25, -0.2) is 0 Å². The fourth-order valence-corrected chi connectivity index (χ4v) is 2.65. The topological polar surface area (TPSA) is 33.7 Å². The van der Waals surface area contributed by atoms with E-state index in [2.05, 4.69) is 29.3 Å². The average Bonchev–Trinajstić information content (AvgIpc) is 2.47. The van der Waals surface area contributed by atoms with Gasteiger partial charge < -0.3 is 19.7 Å². The number of nitrogens with one attached hydrogen (secondary N) is 1. The second-order valence-electron chi connectivity index (χ2n) is 4.86. The predicted molar refractivity (Wildman–Crippen MR) is 78.5 cm³/mol. The maximum absolute atomic E-state index is 5.36. The van der Waals surface area contributed by atoms with Gasteiger partial charge >= 0.3 is 0 Å². The second-order valence-corrected chi connectivity index (χ2v) is 4.86. The molecule has 4 nitrogen and oxygen atoms in total. The molecule has 0 saturated carbocycles. The number of benzene rings is 1. The number of hydrogen-bond acceptors (Lipinski definition) is 4. The Morgan fingerprint density at radius 3 is 2.42 bits per heavy atom. The predicted octanol–water partition coefficient (Wildman–Crippen LogP) is 2.28. The number of piperidine rings is 1. The monoisotopic (exact) mass is 264 g/mol. The largest absolute Gasteiger partial charge is 0.493 e. The van der Waals surface area contributed by atoms with E-state index in [1.54, 1.807) is 14.2 Å². The van der Waals surface area contributed by atoms with Gasteiger partial charge in [-0.1, -0.05) is 6.92 Å². The molecular formula is C15H24N2O2. The number of nitrogens with zero attached hydrogens (tertiary/aromatic N) is 1. The van der Waals surface area contributed by atoms with Gasteiger partial charge in [-0.3, -0.25) is 0 Å². The maximum Gasteiger partial charge on any atom is 0.162 e. The Balaban J connectivity index is 2.03. The molecule has 0 aromatic heterocycles. The fourth-order valence-electron chi connectivity index (χ4n) is 2.65. The Morgan fingerprint density at radius 2 is 1.84 bits per heavy atom. The summed E-state index contributed by atoms with van der Waals surface area (Å²) in [6, 6.07) is 6.81. The Labute approximate surface area is 115 Å². The number of anilines is 1. The maximum atomic E-state index is 5.36. The van der Waals surface area contributed by atoms with Crippen molar-refractivity contribution in [2.45, 2.75) is 25.8 Å². The summed E-state index contributed by atoms with van der Waals surface area (Å²) in [7, 11) is 3.35. The summed E-state index contributed by atoms with van der Waals surface area (Å²) >= 11 is 0. The van der Waals surface area contributed by atoms with Crippen molar-refractivity contribution >= 4 is 5.69 Å². The molecule has 1 aliphatic rings. The van der Waals surface area contributed by atoms with E-state index < -0.39 is 0 Å². The highest BCUT2D eigenvalue weighted by molar-refractivity contribution is 5.56. The molecule has 0 radical (unpaired) electrons. The van der Waals surface area contributed by atoms with E-state index in [1.807, 2.05) is 6.07 Å². The molecule has 106 valence electrons. The normalized spacial score (nSPS) is 16.5. The van der Waals surface area contributed by atoms with Crippen LogP contribution in [0.25, 0.3) is 0 Å². The summed E-state index contributed by atoms with van der Waals surface area (Å²) in [5.74, 6) is 1.59. The zero-order valence-electron chi connectivity index (χ0n) is 12.1. The lowest BCUT2D eigenvalue weighted by Crippen LogP contribution is -2.42. The lowest BCUT2D eigenvalue weighted by atomic mass is 10.0.